The van der Waals surface area contributed by atoms with Gasteiger partial charge in [0.05, 0.1) is 58.9 Å². The smallest absolute Gasteiger partial charge is 0.310 e. The Labute approximate surface area is 793 Å². The average molecular weight is 1930 g/mol. The van der Waals surface area contributed by atoms with E-state index in [1.165, 1.54) is 38.5 Å². The first-order valence-corrected chi connectivity index (χ1v) is 55.7. The van der Waals surface area contributed by atoms with Gasteiger partial charge in [-0.05, 0) is 51.4 Å². The zero-order chi connectivity index (χ0) is 96.8. The van der Waals surface area contributed by atoms with Crippen LogP contribution < -0.4 is 31.0 Å². The lowest BCUT2D eigenvalue weighted by Crippen LogP contribution is -2.74. The Hall–Kier alpha value is -3.40. The third-order valence-corrected chi connectivity index (χ3v) is 27.1. The fraction of sp³-hybridized carbons (Fsp3) is 0.939. The van der Waals surface area contributed by atoms with E-state index in [2.05, 4.69) is 57.9 Å². The molecule has 0 aromatic carbocycles. The van der Waals surface area contributed by atoms with E-state index >= 15 is 9.59 Å². The van der Waals surface area contributed by atoms with Gasteiger partial charge in [0.15, 0.2) is 31.1 Å². The number of hydrogen-bond acceptors (Lipinski definition) is 28. The molecule has 0 aromatic heterocycles. The second-order valence-electron chi connectivity index (χ2n) is 38.0. The zero-order valence-electron chi connectivity index (χ0n) is 82.4. The third kappa shape index (κ3) is 59.2. The second kappa shape index (κ2) is 77.4. The summed E-state index contributed by atoms with van der Waals surface area (Å²) in [5, 5.41) is 74.0. The fourth-order valence-corrected chi connectivity index (χ4v) is 19.1. The van der Waals surface area contributed by atoms with E-state index in [1.54, 1.807) is 0 Å². The van der Waals surface area contributed by atoms with Gasteiger partial charge in [-0.3, -0.25) is 37.9 Å². The van der Waals surface area contributed by atoms with Gasteiger partial charge >= 0.3 is 23.9 Å². The van der Waals surface area contributed by atoms with Crippen molar-refractivity contribution in [3.05, 3.63) is 0 Å². The number of phosphoric acid groups is 2. The summed E-state index contributed by atoms with van der Waals surface area (Å²) >= 11 is 0. The highest BCUT2D eigenvalue weighted by Gasteiger charge is 2.55. The van der Waals surface area contributed by atoms with Crippen LogP contribution in [-0.2, 0) is 89.4 Å². The number of aliphatic hydroxyl groups excluding tert-OH is 6. The van der Waals surface area contributed by atoms with E-state index < -0.39 is 207 Å². The predicted octanol–water partition coefficient (Wildman–Crippen LogP) is 16.4. The van der Waals surface area contributed by atoms with Gasteiger partial charge < -0.3 is 113 Å². The maximum atomic E-state index is 15.5. The molecule has 3 saturated heterocycles. The van der Waals surface area contributed by atoms with Crippen LogP contribution >= 0.6 is 15.6 Å². The van der Waals surface area contributed by atoms with E-state index in [9.17, 15) is 73.6 Å². The van der Waals surface area contributed by atoms with Crippen LogP contribution in [0.25, 0.3) is 0 Å². The monoisotopic (exact) mass is 1930 g/mol. The lowest BCUT2D eigenvalue weighted by molar-refractivity contribution is -0.468. The van der Waals surface area contributed by atoms with E-state index in [0.717, 1.165) is 276 Å². The van der Waals surface area contributed by atoms with Crippen LogP contribution in [0.3, 0.4) is 0 Å². The molecule has 3 aliphatic rings. The SMILES string of the molecule is CCCCCCCCCCCCCC(=O)O[C@H](CCCCCCCCCCC)CC(=O)O[C@@H]1[C@@H](NC(=O)C[C@@H](CCCCCCCCCCC)OC(=O)CCCCCCCCCCC)[C@H](OC[C@H]2O[C@H](OP(=O)([O-])[O-])[C@H](NC(=O)C[C@H](O)CCCCCCCCCCC)[C@@H](OC(=O)C[C@H](O)CCCCCCCCCCC)[C@@H]2O)O[C@H](CO)[C@H]1OP(=O)([O-])O[C@H]1OC[C@H]([NH3+])[C@H](O)[C@H]1O. The first-order chi connectivity index (χ1) is 63.6. The highest BCUT2D eigenvalue weighted by atomic mass is 31.2. The van der Waals surface area contributed by atoms with Gasteiger partial charge in [-0.25, -0.2) is 0 Å². The quantitative estimate of drug-likeness (QED) is 0.0118. The molecule has 11 N–H and O–H groups in total. The molecule has 2 amide bonds. The second-order valence-corrected chi connectivity index (χ2v) is 40.4. The van der Waals surface area contributed by atoms with Crippen molar-refractivity contribution >= 4 is 51.3 Å². The Morgan fingerprint density at radius 1 is 0.371 bits per heavy atom. The van der Waals surface area contributed by atoms with Gasteiger partial charge in [0, 0.05) is 12.8 Å². The number of amides is 2. The minimum atomic E-state index is -6.23. The van der Waals surface area contributed by atoms with Gasteiger partial charge in [-0.2, -0.15) is 0 Å². The van der Waals surface area contributed by atoms with Crippen LogP contribution in [0.4, 0.5) is 0 Å². The zero-order valence-corrected chi connectivity index (χ0v) is 84.2. The standard InChI is InChI=1S/C99H187N3O28P2/c1-7-13-19-25-31-37-38-44-50-56-62-68-86(109)123-79(66-60-54-48-42-35-29-23-17-11-5)72-88(111)127-96-90(102-84(107)71-78(65-59-53-47-41-34-28-22-16-10-4)122-85(108)67-61-55-49-43-36-30-24-18-12-6)97(124-81(73-103)94(96)128-132(118,119)130-99-93(114)91(112)80(100)74-120-99)121-75-82-92(113)95(126-87(110)70-77(105)64-58-52-46-40-33-27-21-15-9-3)89(98(125-82)129-131(115,116)117)101-83(106)69-76(104)63-57-51-45-39-32-26-20-14-8-2/h76-82,89-99,103-105,112-114H,7-75,100H2,1-6H3,(H,101,106)(H,102,107)(H,118,119)(H2,115,116,117)/p-2/t76-,77-,78-,79-,80+,81-,82-,89-,90-,91+,92-,93-,94-,95-,96-,97-,98-,99-/m1/s1. The molecule has 0 spiro atoms. The molecule has 31 nitrogen and oxygen atoms in total. The predicted molar refractivity (Wildman–Crippen MR) is 501 cm³/mol. The highest BCUT2D eigenvalue weighted by molar-refractivity contribution is 7.45. The van der Waals surface area contributed by atoms with Crippen molar-refractivity contribution in [2.45, 2.75) is 576 Å². The minimum Gasteiger partial charge on any atom is -0.790 e. The number of esters is 4. The molecular weight excluding hydrogens is 1740 g/mol. The van der Waals surface area contributed by atoms with Gasteiger partial charge in [-0.15, -0.1) is 0 Å². The van der Waals surface area contributed by atoms with Gasteiger partial charge in [0.1, 0.15) is 73.6 Å². The van der Waals surface area contributed by atoms with Crippen LogP contribution in [0.2, 0.25) is 0 Å². The van der Waals surface area contributed by atoms with E-state index in [1.807, 2.05) is 0 Å². The molecule has 0 saturated carbocycles. The summed E-state index contributed by atoms with van der Waals surface area (Å²) in [6.45, 7) is 10.2. The average Bonchev–Trinajstić information content (AvgIpc) is 0.794. The van der Waals surface area contributed by atoms with Crippen molar-refractivity contribution < 1.29 is 140 Å². The van der Waals surface area contributed by atoms with Gasteiger partial charge in [-0.1, -0.05) is 375 Å². The third-order valence-electron chi connectivity index (χ3n) is 25.7. The van der Waals surface area contributed by atoms with Crippen molar-refractivity contribution in [2.75, 3.05) is 19.8 Å². The summed E-state index contributed by atoms with van der Waals surface area (Å²) in [7, 11) is -12.3. The first-order valence-electron chi connectivity index (χ1n) is 52.8. The highest BCUT2D eigenvalue weighted by Crippen LogP contribution is 2.47. The summed E-state index contributed by atoms with van der Waals surface area (Å²) < 4.78 is 92.8. The van der Waals surface area contributed by atoms with Crippen LogP contribution in [-0.4, -0.2) is 196 Å². The molecule has 19 atom stereocenters. The van der Waals surface area contributed by atoms with Gasteiger partial charge in [0.25, 0.3) is 7.82 Å². The number of unbranched alkanes of at least 4 members (excludes halogenated alkanes) is 50. The molecule has 776 valence electrons. The Morgan fingerprint density at radius 2 is 0.705 bits per heavy atom. The van der Waals surface area contributed by atoms with Crippen molar-refractivity contribution in [3.8, 4) is 0 Å². The topological polar surface area (TPSA) is 480 Å². The molecule has 0 radical (unpaired) electrons. The maximum Gasteiger partial charge on any atom is 0.310 e. The van der Waals surface area contributed by atoms with Crippen LogP contribution in [0, 0.1) is 0 Å². The molecule has 3 aliphatic heterocycles. The molecule has 3 heterocycles. The number of quaternary nitrogens is 1. The summed E-state index contributed by atoms with van der Waals surface area (Å²) in [6, 6.07) is -5.07. The number of nitrogens with one attached hydrogen (secondary N) is 2. The van der Waals surface area contributed by atoms with Gasteiger partial charge in [0.2, 0.25) is 11.8 Å². The molecule has 3 fully saturated rings. The number of ether oxygens (including phenoxy) is 8. The Kier molecular flexibility index (Phi) is 71.9. The van der Waals surface area contributed by atoms with Crippen LogP contribution in [0.15, 0.2) is 0 Å². The number of rotatable bonds is 86. The van der Waals surface area contributed by atoms with Crippen molar-refractivity contribution in [1.82, 2.24) is 10.6 Å². The largest absolute Gasteiger partial charge is 0.790 e. The van der Waals surface area contributed by atoms with Crippen molar-refractivity contribution in [2.24, 2.45) is 0 Å². The normalized spacial score (nSPS) is 23.1. The Balaban J connectivity index is 2.31. The number of hydrogen-bond donors (Lipinski definition) is 9. The summed E-state index contributed by atoms with van der Waals surface area (Å²) in [5.41, 5.74) is 3.74. The Bertz CT molecular complexity index is 3000. The molecule has 1 unspecified atom stereocenters. The maximum absolute atomic E-state index is 15.5. The van der Waals surface area contributed by atoms with Crippen molar-refractivity contribution in [3.63, 3.8) is 0 Å². The number of phosphoric ester groups is 2. The molecule has 132 heavy (non-hydrogen) atoms. The molecule has 0 bridgehead atoms. The fourth-order valence-electron chi connectivity index (χ4n) is 17.7. The van der Waals surface area contributed by atoms with E-state index in [4.69, 9.17) is 51.5 Å². The lowest BCUT2D eigenvalue weighted by Gasteiger charge is -2.48. The summed E-state index contributed by atoms with van der Waals surface area (Å²) in [5.74, 6) is -5.39. The van der Waals surface area contributed by atoms with Crippen LogP contribution in [0.5, 0.6) is 0 Å². The summed E-state index contributed by atoms with van der Waals surface area (Å²) in [4.78, 5) is 128. The van der Waals surface area contributed by atoms with E-state index in [-0.39, 0.29) is 38.5 Å². The number of carbonyl (C=O) groups is 6. The lowest BCUT2D eigenvalue weighted by atomic mass is 9.95. The van der Waals surface area contributed by atoms with Crippen LogP contribution in [0.1, 0.15) is 465 Å². The van der Waals surface area contributed by atoms with Crippen molar-refractivity contribution in [1.29, 1.82) is 0 Å². The Morgan fingerprint density at radius 3 is 1.10 bits per heavy atom. The number of carbonyl (C=O) groups excluding carboxylic acids is 6. The molecule has 3 rings (SSSR count). The number of aliphatic hydroxyl groups is 6. The first kappa shape index (κ1) is 123. The summed E-state index contributed by atoms with van der Waals surface area (Å²) in [6.07, 6.45) is 24.8. The van der Waals surface area contributed by atoms with E-state index in [0.29, 0.717) is 44.9 Å². The minimum absolute atomic E-state index is 0.0326. The molecule has 33 heteroatoms. The molecule has 0 aromatic rings. The molecular formula is C99H185N3O28P2-2. The molecule has 0 aliphatic carbocycles.